The van der Waals surface area contributed by atoms with Gasteiger partial charge in [0.2, 0.25) is 10.0 Å². The van der Waals surface area contributed by atoms with Gasteiger partial charge < -0.3 is 9.84 Å². The van der Waals surface area contributed by atoms with Crippen molar-refractivity contribution in [3.05, 3.63) is 24.3 Å². The third-order valence-corrected chi connectivity index (χ3v) is 4.55. The molecule has 0 heterocycles. The number of nitrogens with zero attached hydrogens (tertiary/aromatic N) is 1. The molecule has 0 aliphatic rings. The molecule has 1 aromatic rings. The molecular formula is C13H21NO4S. The maximum atomic E-state index is 12.4. The summed E-state index contributed by atoms with van der Waals surface area (Å²) in [5.74, 6) is 0.601. The standard InChI is InChI=1S/C13H21NO4S/c1-5-14(10-13(2,3)15)19(16,17)12-8-6-11(18-4)7-9-12/h6-9,15H,5,10H2,1-4H3. The summed E-state index contributed by atoms with van der Waals surface area (Å²) in [6.45, 7) is 5.27. The van der Waals surface area contributed by atoms with Gasteiger partial charge in [-0.05, 0) is 38.1 Å². The quantitative estimate of drug-likeness (QED) is 0.860. The van der Waals surface area contributed by atoms with Gasteiger partial charge in [-0.15, -0.1) is 0 Å². The molecule has 0 atom stereocenters. The maximum absolute atomic E-state index is 12.4. The fourth-order valence-corrected chi connectivity index (χ4v) is 3.30. The summed E-state index contributed by atoms with van der Waals surface area (Å²) in [5, 5.41) is 9.79. The molecule has 0 aromatic heterocycles. The van der Waals surface area contributed by atoms with Gasteiger partial charge in [-0.2, -0.15) is 4.31 Å². The SMILES string of the molecule is CCN(CC(C)(C)O)S(=O)(=O)c1ccc(OC)cc1. The Hall–Kier alpha value is -1.11. The Morgan fingerprint density at radius 1 is 1.26 bits per heavy atom. The summed E-state index contributed by atoms with van der Waals surface area (Å²) in [5.41, 5.74) is -1.07. The lowest BCUT2D eigenvalue weighted by molar-refractivity contribution is 0.0601. The van der Waals surface area contributed by atoms with Gasteiger partial charge in [0.15, 0.2) is 0 Å². The number of sulfonamides is 1. The van der Waals surface area contributed by atoms with Gasteiger partial charge in [-0.25, -0.2) is 8.42 Å². The third kappa shape index (κ3) is 4.19. The van der Waals surface area contributed by atoms with Crippen LogP contribution in [0.4, 0.5) is 0 Å². The first-order valence-corrected chi connectivity index (χ1v) is 7.51. The smallest absolute Gasteiger partial charge is 0.243 e. The summed E-state index contributed by atoms with van der Waals surface area (Å²) in [6.07, 6.45) is 0. The predicted molar refractivity (Wildman–Crippen MR) is 73.7 cm³/mol. The Bertz CT molecular complexity index is 502. The molecule has 0 unspecified atom stereocenters. The molecule has 0 bridgehead atoms. The van der Waals surface area contributed by atoms with Crippen LogP contribution in [0.25, 0.3) is 0 Å². The highest BCUT2D eigenvalue weighted by molar-refractivity contribution is 7.89. The number of hydrogen-bond acceptors (Lipinski definition) is 4. The van der Waals surface area contributed by atoms with Gasteiger partial charge in [0.25, 0.3) is 0 Å². The number of methoxy groups -OCH3 is 1. The van der Waals surface area contributed by atoms with Crippen molar-refractivity contribution in [2.24, 2.45) is 0 Å². The normalized spacial score (nSPS) is 12.7. The summed E-state index contributed by atoms with van der Waals surface area (Å²) < 4.78 is 31.1. The lowest BCUT2D eigenvalue weighted by Gasteiger charge is -2.27. The van der Waals surface area contributed by atoms with Crippen LogP contribution in [0.2, 0.25) is 0 Å². The third-order valence-electron chi connectivity index (χ3n) is 2.61. The zero-order valence-corrected chi connectivity index (χ0v) is 12.6. The lowest BCUT2D eigenvalue weighted by atomic mass is 10.1. The van der Waals surface area contributed by atoms with Crippen molar-refractivity contribution in [1.82, 2.24) is 4.31 Å². The average molecular weight is 287 g/mol. The second kappa shape index (κ2) is 5.90. The fourth-order valence-electron chi connectivity index (χ4n) is 1.70. The first-order chi connectivity index (χ1) is 8.70. The largest absolute Gasteiger partial charge is 0.497 e. The van der Waals surface area contributed by atoms with Gasteiger partial charge in [0.1, 0.15) is 5.75 Å². The van der Waals surface area contributed by atoms with E-state index in [0.29, 0.717) is 12.3 Å². The van der Waals surface area contributed by atoms with Crippen LogP contribution in [0, 0.1) is 0 Å². The van der Waals surface area contributed by atoms with E-state index in [1.54, 1.807) is 32.9 Å². The van der Waals surface area contributed by atoms with E-state index in [0.717, 1.165) is 0 Å². The Morgan fingerprint density at radius 3 is 2.16 bits per heavy atom. The highest BCUT2D eigenvalue weighted by Crippen LogP contribution is 2.20. The maximum Gasteiger partial charge on any atom is 0.243 e. The summed E-state index contributed by atoms with van der Waals surface area (Å²) >= 11 is 0. The van der Waals surface area contributed by atoms with Crippen LogP contribution in [-0.2, 0) is 10.0 Å². The van der Waals surface area contributed by atoms with Crippen LogP contribution < -0.4 is 4.74 Å². The van der Waals surface area contributed by atoms with Crippen LogP contribution >= 0.6 is 0 Å². The first-order valence-electron chi connectivity index (χ1n) is 6.07. The average Bonchev–Trinajstić information content (AvgIpc) is 2.34. The van der Waals surface area contributed by atoms with E-state index < -0.39 is 15.6 Å². The second-order valence-corrected chi connectivity index (χ2v) is 6.86. The number of benzene rings is 1. The highest BCUT2D eigenvalue weighted by Gasteiger charge is 2.28. The summed E-state index contributed by atoms with van der Waals surface area (Å²) in [7, 11) is -2.07. The molecule has 0 saturated carbocycles. The predicted octanol–water partition coefficient (Wildman–Crippen LogP) is 1.48. The molecule has 0 amide bonds. The molecule has 19 heavy (non-hydrogen) atoms. The monoisotopic (exact) mass is 287 g/mol. The number of rotatable bonds is 6. The molecule has 0 aliphatic heterocycles. The van der Waals surface area contributed by atoms with Crippen molar-refractivity contribution in [1.29, 1.82) is 0 Å². The molecule has 6 heteroatoms. The Balaban J connectivity index is 3.06. The van der Waals surface area contributed by atoms with E-state index in [1.165, 1.54) is 23.5 Å². The van der Waals surface area contributed by atoms with Crippen molar-refractivity contribution >= 4 is 10.0 Å². The second-order valence-electron chi connectivity index (χ2n) is 4.92. The number of hydrogen-bond donors (Lipinski definition) is 1. The van der Waals surface area contributed by atoms with Crippen LogP contribution in [0.3, 0.4) is 0 Å². The molecule has 0 aliphatic carbocycles. The van der Waals surface area contributed by atoms with Crippen molar-refractivity contribution in [3.8, 4) is 5.75 Å². The molecule has 1 N–H and O–H groups in total. The van der Waals surface area contributed by atoms with E-state index in [2.05, 4.69) is 0 Å². The van der Waals surface area contributed by atoms with Gasteiger partial charge in [0.05, 0.1) is 17.6 Å². The van der Waals surface area contributed by atoms with Gasteiger partial charge in [-0.1, -0.05) is 6.92 Å². The molecule has 1 aromatic carbocycles. The first kappa shape index (κ1) is 15.9. The van der Waals surface area contributed by atoms with Crippen LogP contribution in [0.15, 0.2) is 29.2 Å². The van der Waals surface area contributed by atoms with Gasteiger partial charge >= 0.3 is 0 Å². The Kier molecular flexibility index (Phi) is 4.95. The molecule has 0 radical (unpaired) electrons. The minimum absolute atomic E-state index is 0.0534. The van der Waals surface area contributed by atoms with E-state index in [4.69, 9.17) is 4.74 Å². The zero-order chi connectivity index (χ0) is 14.7. The minimum atomic E-state index is -3.59. The molecule has 0 fully saturated rings. The van der Waals surface area contributed by atoms with Crippen LogP contribution in [-0.4, -0.2) is 43.6 Å². The highest BCUT2D eigenvalue weighted by atomic mass is 32.2. The molecular weight excluding hydrogens is 266 g/mol. The van der Waals surface area contributed by atoms with E-state index in [-0.39, 0.29) is 11.4 Å². The van der Waals surface area contributed by atoms with Crippen molar-refractivity contribution in [2.45, 2.75) is 31.3 Å². The summed E-state index contributed by atoms with van der Waals surface area (Å²) in [4.78, 5) is 0.194. The number of likely N-dealkylation sites (N-methyl/N-ethyl adjacent to an activating group) is 1. The van der Waals surface area contributed by atoms with Crippen molar-refractivity contribution in [3.63, 3.8) is 0 Å². The molecule has 0 spiro atoms. The molecule has 108 valence electrons. The Morgan fingerprint density at radius 2 is 1.79 bits per heavy atom. The molecule has 5 nitrogen and oxygen atoms in total. The van der Waals surface area contributed by atoms with E-state index in [9.17, 15) is 13.5 Å². The van der Waals surface area contributed by atoms with Crippen LogP contribution in [0.5, 0.6) is 5.75 Å². The van der Waals surface area contributed by atoms with Gasteiger partial charge in [0, 0.05) is 13.1 Å². The fraction of sp³-hybridized carbons (Fsp3) is 0.538. The number of aliphatic hydroxyl groups is 1. The summed E-state index contributed by atoms with van der Waals surface area (Å²) in [6, 6.07) is 6.21. The Labute approximate surface area is 114 Å². The van der Waals surface area contributed by atoms with Crippen LogP contribution in [0.1, 0.15) is 20.8 Å². The molecule has 0 saturated heterocycles. The van der Waals surface area contributed by atoms with E-state index >= 15 is 0 Å². The van der Waals surface area contributed by atoms with Crippen molar-refractivity contribution in [2.75, 3.05) is 20.2 Å². The van der Waals surface area contributed by atoms with E-state index in [1.807, 2.05) is 0 Å². The van der Waals surface area contributed by atoms with Crippen molar-refractivity contribution < 1.29 is 18.3 Å². The van der Waals surface area contributed by atoms with Gasteiger partial charge in [-0.3, -0.25) is 0 Å². The topological polar surface area (TPSA) is 66.8 Å². The minimum Gasteiger partial charge on any atom is -0.497 e. The number of ether oxygens (including phenoxy) is 1. The lowest BCUT2D eigenvalue weighted by Crippen LogP contribution is -2.42. The zero-order valence-electron chi connectivity index (χ0n) is 11.8. The molecule has 1 rings (SSSR count).